The summed E-state index contributed by atoms with van der Waals surface area (Å²) in [5, 5.41) is 9.37. The molecule has 29 heavy (non-hydrogen) atoms. The van der Waals surface area contributed by atoms with Crippen molar-refractivity contribution in [2.75, 3.05) is 5.32 Å². The average molecular weight is 390 g/mol. The molecule has 0 amide bonds. The summed E-state index contributed by atoms with van der Waals surface area (Å²) in [6, 6.07) is 4.32. The smallest absolute Gasteiger partial charge is 0.267 e. The Hall–Kier alpha value is -2.83. The number of pyridine rings is 1. The van der Waals surface area contributed by atoms with Crippen LogP contribution in [0.25, 0.3) is 10.9 Å². The predicted molar refractivity (Wildman–Crippen MR) is 112 cm³/mol. The molecule has 7 heteroatoms. The zero-order valence-corrected chi connectivity index (χ0v) is 16.8. The van der Waals surface area contributed by atoms with Crippen LogP contribution in [0.15, 0.2) is 29.3 Å². The molecule has 3 aromatic rings. The predicted octanol–water partition coefficient (Wildman–Crippen LogP) is 3.36. The highest BCUT2D eigenvalue weighted by molar-refractivity contribution is 5.88. The van der Waals surface area contributed by atoms with Gasteiger partial charge in [0.2, 0.25) is 0 Å². The summed E-state index contributed by atoms with van der Waals surface area (Å²) in [4.78, 5) is 25.9. The maximum atomic E-state index is 12.6. The molecule has 0 spiro atoms. The molecule has 1 fully saturated rings. The lowest BCUT2D eigenvalue weighted by molar-refractivity contribution is 0.300. The second-order valence-electron chi connectivity index (χ2n) is 8.27. The highest BCUT2D eigenvalue weighted by Crippen LogP contribution is 2.30. The van der Waals surface area contributed by atoms with Gasteiger partial charge in [0.05, 0.1) is 23.4 Å². The standard InChI is InChI=1S/C22H26N6O/c1-14-24-20-13-23-11-10-18(20)22(25-14)26-16-6-8-17(9-7-16)28-21(29)12-15-4-2-3-5-19(15)27-28/h10-13,16-17H,2-9H2,1H3,(H,24,25,26). The van der Waals surface area contributed by atoms with Crippen LogP contribution in [0, 0.1) is 6.92 Å². The monoisotopic (exact) mass is 390 g/mol. The van der Waals surface area contributed by atoms with Gasteiger partial charge in [-0.05, 0) is 69.9 Å². The Morgan fingerprint density at radius 3 is 2.79 bits per heavy atom. The van der Waals surface area contributed by atoms with E-state index in [1.54, 1.807) is 17.1 Å². The fraction of sp³-hybridized carbons (Fsp3) is 0.500. The van der Waals surface area contributed by atoms with Crippen LogP contribution in [-0.2, 0) is 12.8 Å². The van der Waals surface area contributed by atoms with E-state index in [0.29, 0.717) is 6.04 Å². The van der Waals surface area contributed by atoms with Gasteiger partial charge in [-0.2, -0.15) is 5.10 Å². The van der Waals surface area contributed by atoms with Crippen LogP contribution < -0.4 is 10.9 Å². The molecular formula is C22H26N6O. The van der Waals surface area contributed by atoms with E-state index in [4.69, 9.17) is 5.10 Å². The topological polar surface area (TPSA) is 85.6 Å². The van der Waals surface area contributed by atoms with Gasteiger partial charge in [-0.15, -0.1) is 0 Å². The third-order valence-corrected chi connectivity index (χ3v) is 6.23. The van der Waals surface area contributed by atoms with E-state index in [1.165, 1.54) is 12.8 Å². The van der Waals surface area contributed by atoms with Gasteiger partial charge in [0.1, 0.15) is 11.6 Å². The van der Waals surface area contributed by atoms with Crippen molar-refractivity contribution in [2.45, 2.75) is 70.4 Å². The lowest BCUT2D eigenvalue weighted by atomic mass is 9.91. The molecule has 150 valence electrons. The number of hydrogen-bond donors (Lipinski definition) is 1. The van der Waals surface area contributed by atoms with Crippen molar-refractivity contribution in [1.82, 2.24) is 24.7 Å². The Morgan fingerprint density at radius 1 is 1.10 bits per heavy atom. The van der Waals surface area contributed by atoms with Gasteiger partial charge in [-0.3, -0.25) is 9.78 Å². The Balaban J connectivity index is 1.31. The minimum atomic E-state index is 0.0620. The zero-order chi connectivity index (χ0) is 19.8. The van der Waals surface area contributed by atoms with Crippen LogP contribution in [0.4, 0.5) is 5.82 Å². The molecule has 1 saturated carbocycles. The summed E-state index contributed by atoms with van der Waals surface area (Å²) in [7, 11) is 0. The van der Waals surface area contributed by atoms with Crippen molar-refractivity contribution in [1.29, 1.82) is 0 Å². The van der Waals surface area contributed by atoms with E-state index in [-0.39, 0.29) is 11.6 Å². The summed E-state index contributed by atoms with van der Waals surface area (Å²) in [6.07, 6.45) is 11.8. The molecule has 0 saturated heterocycles. The summed E-state index contributed by atoms with van der Waals surface area (Å²) in [5.74, 6) is 1.62. The maximum absolute atomic E-state index is 12.6. The molecule has 2 aliphatic carbocycles. The first-order chi connectivity index (χ1) is 14.2. The number of nitrogens with one attached hydrogen (secondary N) is 1. The van der Waals surface area contributed by atoms with Crippen LogP contribution in [0.3, 0.4) is 0 Å². The van der Waals surface area contributed by atoms with Gasteiger partial charge in [0.25, 0.3) is 5.56 Å². The number of nitrogens with zero attached hydrogens (tertiary/aromatic N) is 5. The number of aryl methyl sites for hydroxylation is 3. The Bertz CT molecular complexity index is 1100. The summed E-state index contributed by atoms with van der Waals surface area (Å²) in [6.45, 7) is 1.91. The summed E-state index contributed by atoms with van der Waals surface area (Å²) in [5.41, 5.74) is 3.22. The minimum absolute atomic E-state index is 0.0620. The molecule has 3 heterocycles. The molecule has 5 rings (SSSR count). The van der Waals surface area contributed by atoms with E-state index in [0.717, 1.165) is 72.3 Å². The third kappa shape index (κ3) is 3.61. The first-order valence-corrected chi connectivity index (χ1v) is 10.6. The van der Waals surface area contributed by atoms with Gasteiger partial charge in [-0.1, -0.05) is 0 Å². The lowest BCUT2D eigenvalue weighted by Gasteiger charge is -2.30. The Kier molecular flexibility index (Phi) is 4.73. The van der Waals surface area contributed by atoms with Gasteiger partial charge in [0.15, 0.2) is 0 Å². The maximum Gasteiger partial charge on any atom is 0.267 e. The van der Waals surface area contributed by atoms with Crippen LogP contribution in [0.2, 0.25) is 0 Å². The molecular weight excluding hydrogens is 364 g/mol. The highest BCUT2D eigenvalue weighted by atomic mass is 16.1. The Morgan fingerprint density at radius 2 is 1.93 bits per heavy atom. The van der Waals surface area contributed by atoms with Crippen molar-refractivity contribution in [2.24, 2.45) is 0 Å². The SMILES string of the molecule is Cc1nc(NC2CCC(n3nc4c(cc3=O)CCCC4)CC2)c2ccncc2n1. The largest absolute Gasteiger partial charge is 0.367 e. The van der Waals surface area contributed by atoms with Crippen molar-refractivity contribution in [3.63, 3.8) is 0 Å². The van der Waals surface area contributed by atoms with Gasteiger partial charge >= 0.3 is 0 Å². The molecule has 0 aromatic carbocycles. The minimum Gasteiger partial charge on any atom is -0.367 e. The number of aromatic nitrogens is 5. The second-order valence-corrected chi connectivity index (χ2v) is 8.27. The Labute approximate surface area is 169 Å². The van der Waals surface area contributed by atoms with Gasteiger partial charge < -0.3 is 5.32 Å². The molecule has 0 radical (unpaired) electrons. The van der Waals surface area contributed by atoms with Crippen molar-refractivity contribution in [3.8, 4) is 0 Å². The van der Waals surface area contributed by atoms with Crippen molar-refractivity contribution < 1.29 is 0 Å². The third-order valence-electron chi connectivity index (χ3n) is 6.23. The lowest BCUT2D eigenvalue weighted by Crippen LogP contribution is -2.34. The molecule has 7 nitrogen and oxygen atoms in total. The summed E-state index contributed by atoms with van der Waals surface area (Å²) >= 11 is 0. The van der Waals surface area contributed by atoms with Crippen molar-refractivity contribution in [3.05, 3.63) is 52.0 Å². The molecule has 0 aliphatic heterocycles. The number of hydrogen-bond acceptors (Lipinski definition) is 6. The van der Waals surface area contributed by atoms with Crippen LogP contribution in [0.5, 0.6) is 0 Å². The summed E-state index contributed by atoms with van der Waals surface area (Å²) < 4.78 is 1.76. The number of anilines is 1. The van der Waals surface area contributed by atoms with E-state index in [1.807, 2.05) is 19.1 Å². The van der Waals surface area contributed by atoms with E-state index < -0.39 is 0 Å². The van der Waals surface area contributed by atoms with Gasteiger partial charge in [-0.25, -0.2) is 14.6 Å². The first kappa shape index (κ1) is 18.2. The first-order valence-electron chi connectivity index (χ1n) is 10.6. The average Bonchev–Trinajstić information content (AvgIpc) is 2.74. The van der Waals surface area contributed by atoms with Gasteiger partial charge in [0, 0.05) is 23.7 Å². The normalized spacial score (nSPS) is 21.7. The number of rotatable bonds is 3. The van der Waals surface area contributed by atoms with E-state index in [9.17, 15) is 4.79 Å². The molecule has 0 bridgehead atoms. The highest BCUT2D eigenvalue weighted by Gasteiger charge is 2.25. The van der Waals surface area contributed by atoms with Crippen LogP contribution in [-0.4, -0.2) is 30.8 Å². The molecule has 2 aliphatic rings. The molecule has 0 unspecified atom stereocenters. The fourth-order valence-electron chi connectivity index (χ4n) is 4.70. The zero-order valence-electron chi connectivity index (χ0n) is 16.8. The van der Waals surface area contributed by atoms with Crippen molar-refractivity contribution >= 4 is 16.7 Å². The molecule has 0 atom stereocenters. The van der Waals surface area contributed by atoms with E-state index >= 15 is 0 Å². The quantitative estimate of drug-likeness (QED) is 0.738. The second kappa shape index (κ2) is 7.54. The molecule has 3 aromatic heterocycles. The number of fused-ring (bicyclic) bond motifs is 2. The van der Waals surface area contributed by atoms with E-state index in [2.05, 4.69) is 20.3 Å². The molecule has 1 N–H and O–H groups in total. The fourth-order valence-corrected chi connectivity index (χ4v) is 4.70. The van der Waals surface area contributed by atoms with Crippen LogP contribution in [0.1, 0.15) is 61.6 Å². The van der Waals surface area contributed by atoms with Crippen LogP contribution >= 0.6 is 0 Å².